The molecule has 0 aromatic rings. The Morgan fingerprint density at radius 1 is 1.82 bits per heavy atom. The van der Waals surface area contributed by atoms with Crippen molar-refractivity contribution >= 4 is 17.7 Å². The molecule has 0 unspecified atom stereocenters. The SMILES string of the molecule is C/C=C/CSC[C@@H](N)C(=O)O. The van der Waals surface area contributed by atoms with Crippen molar-refractivity contribution in [1.29, 1.82) is 0 Å². The van der Waals surface area contributed by atoms with E-state index in [0.29, 0.717) is 5.75 Å². The number of hydrogen-bond donors (Lipinski definition) is 2. The molecule has 0 aromatic carbocycles. The molecule has 0 radical (unpaired) electrons. The molecule has 0 aliphatic rings. The third kappa shape index (κ3) is 5.94. The summed E-state index contributed by atoms with van der Waals surface area (Å²) in [5, 5.41) is 8.38. The Bertz CT molecular complexity index is 147. The van der Waals surface area contributed by atoms with E-state index in [1.54, 1.807) is 0 Å². The molecule has 64 valence electrons. The molecule has 0 aliphatic heterocycles. The van der Waals surface area contributed by atoms with E-state index >= 15 is 0 Å². The van der Waals surface area contributed by atoms with E-state index in [1.165, 1.54) is 11.8 Å². The van der Waals surface area contributed by atoms with Crippen LogP contribution in [0.4, 0.5) is 0 Å². The summed E-state index contributed by atoms with van der Waals surface area (Å²) in [7, 11) is 0. The predicted molar refractivity (Wildman–Crippen MR) is 47.8 cm³/mol. The monoisotopic (exact) mass is 175 g/mol. The second kappa shape index (κ2) is 6.24. The van der Waals surface area contributed by atoms with Crippen molar-refractivity contribution in [3.05, 3.63) is 12.2 Å². The molecule has 0 rings (SSSR count). The van der Waals surface area contributed by atoms with Gasteiger partial charge in [0.05, 0.1) is 0 Å². The molecule has 0 spiro atoms. The van der Waals surface area contributed by atoms with Gasteiger partial charge in [-0.05, 0) is 6.92 Å². The summed E-state index contributed by atoms with van der Waals surface area (Å²) < 4.78 is 0. The van der Waals surface area contributed by atoms with Gasteiger partial charge in [0, 0.05) is 11.5 Å². The van der Waals surface area contributed by atoms with Crippen molar-refractivity contribution in [2.45, 2.75) is 13.0 Å². The maximum Gasteiger partial charge on any atom is 0.321 e. The fourth-order valence-corrected chi connectivity index (χ4v) is 1.29. The highest BCUT2D eigenvalue weighted by molar-refractivity contribution is 7.99. The van der Waals surface area contributed by atoms with Crippen LogP contribution in [0, 0.1) is 0 Å². The minimum Gasteiger partial charge on any atom is -0.480 e. The number of carbonyl (C=O) groups is 1. The Morgan fingerprint density at radius 2 is 2.45 bits per heavy atom. The molecule has 1 atom stereocenters. The molecule has 0 heterocycles. The van der Waals surface area contributed by atoms with Gasteiger partial charge in [0.2, 0.25) is 0 Å². The highest BCUT2D eigenvalue weighted by Gasteiger charge is 2.09. The Kier molecular flexibility index (Phi) is 5.97. The van der Waals surface area contributed by atoms with Crippen molar-refractivity contribution in [3.63, 3.8) is 0 Å². The first-order valence-electron chi connectivity index (χ1n) is 3.35. The van der Waals surface area contributed by atoms with Gasteiger partial charge in [0.25, 0.3) is 0 Å². The zero-order chi connectivity index (χ0) is 8.69. The molecular formula is C7H13NO2S. The minimum absolute atomic E-state index is 0.472. The summed E-state index contributed by atoms with van der Waals surface area (Å²) >= 11 is 1.52. The van der Waals surface area contributed by atoms with Crippen molar-refractivity contribution in [2.75, 3.05) is 11.5 Å². The minimum atomic E-state index is -0.932. The zero-order valence-electron chi connectivity index (χ0n) is 6.49. The highest BCUT2D eigenvalue weighted by Crippen LogP contribution is 2.01. The second-order valence-electron chi connectivity index (χ2n) is 2.05. The fraction of sp³-hybridized carbons (Fsp3) is 0.571. The number of carboxylic acids is 1. The molecule has 3 nitrogen and oxygen atoms in total. The topological polar surface area (TPSA) is 63.3 Å². The number of carboxylic acid groups (broad SMARTS) is 1. The third-order valence-electron chi connectivity index (χ3n) is 1.06. The Hall–Kier alpha value is -0.480. The second-order valence-corrected chi connectivity index (χ2v) is 3.13. The van der Waals surface area contributed by atoms with Crippen LogP contribution >= 0.6 is 11.8 Å². The fourth-order valence-electron chi connectivity index (χ4n) is 0.431. The van der Waals surface area contributed by atoms with Crippen LogP contribution in [0.2, 0.25) is 0 Å². The van der Waals surface area contributed by atoms with Crippen molar-refractivity contribution < 1.29 is 9.90 Å². The molecular weight excluding hydrogens is 162 g/mol. The van der Waals surface area contributed by atoms with Gasteiger partial charge in [-0.3, -0.25) is 4.79 Å². The molecule has 3 N–H and O–H groups in total. The van der Waals surface area contributed by atoms with Crippen molar-refractivity contribution in [1.82, 2.24) is 0 Å². The smallest absolute Gasteiger partial charge is 0.321 e. The van der Waals surface area contributed by atoms with Crippen LogP contribution in [-0.2, 0) is 4.79 Å². The average molecular weight is 175 g/mol. The largest absolute Gasteiger partial charge is 0.480 e. The van der Waals surface area contributed by atoms with E-state index in [2.05, 4.69) is 0 Å². The maximum atomic E-state index is 10.2. The van der Waals surface area contributed by atoms with E-state index in [4.69, 9.17) is 10.8 Å². The van der Waals surface area contributed by atoms with Gasteiger partial charge >= 0.3 is 5.97 Å². The van der Waals surface area contributed by atoms with Crippen LogP contribution < -0.4 is 5.73 Å². The summed E-state index contributed by atoms with van der Waals surface area (Å²) in [6, 6.07) is -0.731. The molecule has 0 saturated heterocycles. The number of aliphatic carboxylic acids is 1. The maximum absolute atomic E-state index is 10.2. The molecule has 0 saturated carbocycles. The van der Waals surface area contributed by atoms with E-state index in [-0.39, 0.29) is 0 Å². The molecule has 4 heteroatoms. The van der Waals surface area contributed by atoms with Crippen LogP contribution in [0.15, 0.2) is 12.2 Å². The molecule has 0 bridgehead atoms. The molecule has 11 heavy (non-hydrogen) atoms. The van der Waals surface area contributed by atoms with Crippen LogP contribution in [0.5, 0.6) is 0 Å². The third-order valence-corrected chi connectivity index (χ3v) is 2.09. The molecule has 0 fully saturated rings. The van der Waals surface area contributed by atoms with Crippen LogP contribution in [0.1, 0.15) is 6.92 Å². The van der Waals surface area contributed by atoms with Gasteiger partial charge < -0.3 is 10.8 Å². The van der Waals surface area contributed by atoms with E-state index in [0.717, 1.165) is 5.75 Å². The summed E-state index contributed by atoms with van der Waals surface area (Å²) in [4.78, 5) is 10.2. The van der Waals surface area contributed by atoms with Gasteiger partial charge in [-0.25, -0.2) is 0 Å². The standard InChI is InChI=1S/C7H13NO2S/c1-2-3-4-11-5-6(8)7(9)10/h2-3,6H,4-5,8H2,1H3,(H,9,10)/b3-2+/t6-/m1/s1. The summed E-state index contributed by atoms with van der Waals surface area (Å²) in [5.41, 5.74) is 5.25. The zero-order valence-corrected chi connectivity index (χ0v) is 7.30. The number of nitrogens with two attached hydrogens (primary N) is 1. The summed E-state index contributed by atoms with van der Waals surface area (Å²) in [6.45, 7) is 1.93. The highest BCUT2D eigenvalue weighted by atomic mass is 32.2. The number of allylic oxidation sites excluding steroid dienone is 1. The first kappa shape index (κ1) is 10.5. The quantitative estimate of drug-likeness (QED) is 0.477. The molecule has 0 amide bonds. The van der Waals surface area contributed by atoms with Gasteiger partial charge in [0.15, 0.2) is 0 Å². The van der Waals surface area contributed by atoms with Gasteiger partial charge in [0.1, 0.15) is 6.04 Å². The molecule has 0 aromatic heterocycles. The predicted octanol–water partition coefficient (Wildman–Crippen LogP) is 0.708. The number of hydrogen-bond acceptors (Lipinski definition) is 3. The first-order valence-corrected chi connectivity index (χ1v) is 4.51. The average Bonchev–Trinajstić information content (AvgIpc) is 1.97. The lowest BCUT2D eigenvalue weighted by Gasteiger charge is -2.02. The normalized spacial score (nSPS) is 13.6. The summed E-state index contributed by atoms with van der Waals surface area (Å²) in [6.07, 6.45) is 3.90. The lowest BCUT2D eigenvalue weighted by atomic mass is 10.4. The van der Waals surface area contributed by atoms with Crippen LogP contribution in [0.3, 0.4) is 0 Å². The van der Waals surface area contributed by atoms with Gasteiger partial charge in [-0.2, -0.15) is 11.8 Å². The van der Waals surface area contributed by atoms with E-state index in [9.17, 15) is 4.79 Å². The Labute approximate surface area is 70.7 Å². The van der Waals surface area contributed by atoms with Gasteiger partial charge in [-0.1, -0.05) is 12.2 Å². The van der Waals surface area contributed by atoms with Crippen molar-refractivity contribution in [2.24, 2.45) is 5.73 Å². The lowest BCUT2D eigenvalue weighted by Crippen LogP contribution is -2.32. The molecule has 0 aliphatic carbocycles. The van der Waals surface area contributed by atoms with Gasteiger partial charge in [-0.15, -0.1) is 0 Å². The number of rotatable bonds is 5. The van der Waals surface area contributed by atoms with Crippen LogP contribution in [0.25, 0.3) is 0 Å². The van der Waals surface area contributed by atoms with Crippen molar-refractivity contribution in [3.8, 4) is 0 Å². The Morgan fingerprint density at radius 3 is 2.91 bits per heavy atom. The lowest BCUT2D eigenvalue weighted by molar-refractivity contribution is -0.137. The van der Waals surface area contributed by atoms with E-state index < -0.39 is 12.0 Å². The number of thioether (sulfide) groups is 1. The van der Waals surface area contributed by atoms with Crippen LogP contribution in [-0.4, -0.2) is 28.6 Å². The first-order chi connectivity index (χ1) is 5.18. The van der Waals surface area contributed by atoms with E-state index in [1.807, 2.05) is 19.1 Å². The Balaban J connectivity index is 3.31. The summed E-state index contributed by atoms with van der Waals surface area (Å²) in [5.74, 6) is 0.370.